The van der Waals surface area contributed by atoms with E-state index >= 15 is 0 Å². The quantitative estimate of drug-likeness (QED) is 0.498. The van der Waals surface area contributed by atoms with Gasteiger partial charge in [0.2, 0.25) is 0 Å². The molecule has 0 saturated heterocycles. The number of aromatic nitrogens is 2. The van der Waals surface area contributed by atoms with Gasteiger partial charge in [-0.15, -0.1) is 0 Å². The Balaban J connectivity index is 1.60. The third kappa shape index (κ3) is 2.92. The topological polar surface area (TPSA) is 72.4 Å². The van der Waals surface area contributed by atoms with Crippen molar-refractivity contribution in [2.45, 2.75) is 32.2 Å². The van der Waals surface area contributed by atoms with Crippen LogP contribution < -0.4 is 0 Å². The number of carbonyl (C=O) groups excluding carboxylic acids is 1. The van der Waals surface area contributed by atoms with Crippen LogP contribution in [-0.4, -0.2) is 28.0 Å². The molecule has 0 bridgehead atoms. The van der Waals surface area contributed by atoms with Gasteiger partial charge in [0.25, 0.3) is 11.6 Å². The number of hydrogen-bond donors (Lipinski definition) is 0. The Kier molecular flexibility index (Phi) is 4.19. The highest BCUT2D eigenvalue weighted by Crippen LogP contribution is 2.35. The maximum atomic E-state index is 13.6. The fourth-order valence-electron chi connectivity index (χ4n) is 4.28. The molecule has 146 valence electrons. The SMILES string of the molecule is Cc1noc2nc(-c3ccco3)cc(C(=O)N(C)C3CCCc4ccccc43)c12. The largest absolute Gasteiger partial charge is 0.463 e. The van der Waals surface area contributed by atoms with Gasteiger partial charge in [0.1, 0.15) is 5.69 Å². The van der Waals surface area contributed by atoms with Gasteiger partial charge < -0.3 is 13.8 Å². The van der Waals surface area contributed by atoms with E-state index in [1.54, 1.807) is 18.4 Å². The molecule has 1 unspecified atom stereocenters. The summed E-state index contributed by atoms with van der Waals surface area (Å²) in [4.78, 5) is 20.0. The van der Waals surface area contributed by atoms with Crippen LogP contribution >= 0.6 is 0 Å². The van der Waals surface area contributed by atoms with E-state index in [1.165, 1.54) is 11.1 Å². The molecule has 0 fully saturated rings. The molecule has 29 heavy (non-hydrogen) atoms. The van der Waals surface area contributed by atoms with Gasteiger partial charge in [-0.2, -0.15) is 0 Å². The van der Waals surface area contributed by atoms with E-state index in [0.717, 1.165) is 19.3 Å². The minimum atomic E-state index is -0.0711. The van der Waals surface area contributed by atoms with Gasteiger partial charge in [0.05, 0.1) is 28.9 Å². The zero-order valence-electron chi connectivity index (χ0n) is 16.4. The van der Waals surface area contributed by atoms with Gasteiger partial charge >= 0.3 is 0 Å². The molecule has 1 atom stereocenters. The summed E-state index contributed by atoms with van der Waals surface area (Å²) >= 11 is 0. The molecule has 3 heterocycles. The number of nitrogens with zero attached hydrogens (tertiary/aromatic N) is 3. The zero-order chi connectivity index (χ0) is 20.0. The fraction of sp³-hybridized carbons (Fsp3) is 0.261. The summed E-state index contributed by atoms with van der Waals surface area (Å²) in [6.45, 7) is 1.83. The zero-order valence-corrected chi connectivity index (χ0v) is 16.4. The van der Waals surface area contributed by atoms with Crippen LogP contribution in [0.3, 0.4) is 0 Å². The predicted octanol–water partition coefficient (Wildman–Crippen LogP) is 4.94. The summed E-state index contributed by atoms with van der Waals surface area (Å²) in [6, 6.07) is 13.8. The molecule has 6 nitrogen and oxygen atoms in total. The second-order valence-corrected chi connectivity index (χ2v) is 7.50. The Morgan fingerprint density at radius 3 is 2.90 bits per heavy atom. The van der Waals surface area contributed by atoms with Gasteiger partial charge in [-0.05, 0) is 55.5 Å². The van der Waals surface area contributed by atoms with Crippen molar-refractivity contribution in [2.24, 2.45) is 0 Å². The van der Waals surface area contributed by atoms with E-state index in [-0.39, 0.29) is 11.9 Å². The molecule has 1 aliphatic rings. The highest BCUT2D eigenvalue weighted by atomic mass is 16.5. The van der Waals surface area contributed by atoms with E-state index in [1.807, 2.05) is 31.0 Å². The number of fused-ring (bicyclic) bond motifs is 2. The summed E-state index contributed by atoms with van der Waals surface area (Å²) in [5, 5.41) is 4.68. The van der Waals surface area contributed by atoms with E-state index < -0.39 is 0 Å². The second-order valence-electron chi connectivity index (χ2n) is 7.50. The first-order valence-corrected chi connectivity index (χ1v) is 9.79. The van der Waals surface area contributed by atoms with Crippen molar-refractivity contribution in [2.75, 3.05) is 7.05 Å². The van der Waals surface area contributed by atoms with Gasteiger partial charge in [-0.1, -0.05) is 29.4 Å². The first-order chi connectivity index (χ1) is 14.1. The van der Waals surface area contributed by atoms with Crippen LogP contribution in [-0.2, 0) is 6.42 Å². The number of benzene rings is 1. The summed E-state index contributed by atoms with van der Waals surface area (Å²) in [7, 11) is 1.87. The monoisotopic (exact) mass is 387 g/mol. The highest BCUT2D eigenvalue weighted by molar-refractivity contribution is 6.07. The molecular formula is C23H21N3O3. The lowest BCUT2D eigenvalue weighted by Gasteiger charge is -2.33. The second kappa shape index (κ2) is 6.88. The predicted molar refractivity (Wildman–Crippen MR) is 108 cm³/mol. The van der Waals surface area contributed by atoms with E-state index in [2.05, 4.69) is 28.3 Å². The average molecular weight is 387 g/mol. The summed E-state index contributed by atoms with van der Waals surface area (Å²) in [6.07, 6.45) is 4.65. The van der Waals surface area contributed by atoms with Crippen LogP contribution in [0.15, 0.2) is 57.7 Å². The molecule has 3 aromatic heterocycles. The molecule has 5 rings (SSSR count). The maximum Gasteiger partial charge on any atom is 0.259 e. The molecule has 0 N–H and O–H groups in total. The number of carbonyl (C=O) groups is 1. The van der Waals surface area contributed by atoms with Gasteiger partial charge in [0, 0.05) is 7.05 Å². The number of rotatable bonds is 3. The van der Waals surface area contributed by atoms with E-state index in [4.69, 9.17) is 8.94 Å². The number of furan rings is 1. The van der Waals surface area contributed by atoms with E-state index in [9.17, 15) is 4.79 Å². The van der Waals surface area contributed by atoms with Crippen molar-refractivity contribution in [1.29, 1.82) is 0 Å². The Morgan fingerprint density at radius 2 is 2.07 bits per heavy atom. The molecule has 1 aliphatic carbocycles. The van der Waals surface area contributed by atoms with Crippen molar-refractivity contribution in [1.82, 2.24) is 15.0 Å². The smallest absolute Gasteiger partial charge is 0.259 e. The molecule has 4 aromatic rings. The normalized spacial score (nSPS) is 16.0. The van der Waals surface area contributed by atoms with Crippen LogP contribution in [0.4, 0.5) is 0 Å². The van der Waals surface area contributed by atoms with Gasteiger partial charge in [-0.3, -0.25) is 4.79 Å². The number of aryl methyl sites for hydroxylation is 2. The molecule has 6 heteroatoms. The molecule has 0 saturated carbocycles. The molecule has 0 spiro atoms. The fourth-order valence-corrected chi connectivity index (χ4v) is 4.28. The Hall–Kier alpha value is -3.41. The summed E-state index contributed by atoms with van der Waals surface area (Å²) < 4.78 is 10.9. The lowest BCUT2D eigenvalue weighted by atomic mass is 9.86. The van der Waals surface area contributed by atoms with Crippen molar-refractivity contribution in [3.8, 4) is 11.5 Å². The third-order valence-corrected chi connectivity index (χ3v) is 5.75. The lowest BCUT2D eigenvalue weighted by molar-refractivity contribution is 0.0717. The molecule has 1 amide bonds. The Morgan fingerprint density at radius 1 is 1.21 bits per heavy atom. The van der Waals surface area contributed by atoms with Crippen molar-refractivity contribution in [3.05, 3.63) is 71.1 Å². The standard InChI is InChI=1S/C23H21N3O3/c1-14-21-17(13-18(20-11-6-12-28-20)24-22(21)29-25-14)23(27)26(2)19-10-5-8-15-7-3-4-9-16(15)19/h3-4,6-7,9,11-13,19H,5,8,10H2,1-2H3. The van der Waals surface area contributed by atoms with Crippen LogP contribution in [0.2, 0.25) is 0 Å². The van der Waals surface area contributed by atoms with Gasteiger partial charge in [-0.25, -0.2) is 4.98 Å². The lowest BCUT2D eigenvalue weighted by Crippen LogP contribution is -2.33. The number of pyridine rings is 1. The van der Waals surface area contributed by atoms with Crippen molar-refractivity contribution < 1.29 is 13.7 Å². The Labute approximate surface area is 168 Å². The first kappa shape index (κ1) is 17.7. The van der Waals surface area contributed by atoms with Crippen LogP contribution in [0.25, 0.3) is 22.6 Å². The van der Waals surface area contributed by atoms with E-state index in [0.29, 0.717) is 33.8 Å². The summed E-state index contributed by atoms with van der Waals surface area (Å²) in [5.41, 5.74) is 4.63. The first-order valence-electron chi connectivity index (χ1n) is 9.79. The number of hydrogen-bond acceptors (Lipinski definition) is 5. The van der Waals surface area contributed by atoms with Crippen molar-refractivity contribution in [3.63, 3.8) is 0 Å². The minimum Gasteiger partial charge on any atom is -0.463 e. The molecule has 0 radical (unpaired) electrons. The van der Waals surface area contributed by atoms with Crippen LogP contribution in [0, 0.1) is 6.92 Å². The molecule has 1 aromatic carbocycles. The summed E-state index contributed by atoms with van der Waals surface area (Å²) in [5.74, 6) is 0.513. The highest BCUT2D eigenvalue weighted by Gasteiger charge is 2.29. The van der Waals surface area contributed by atoms with Gasteiger partial charge in [0.15, 0.2) is 5.76 Å². The van der Waals surface area contributed by atoms with Crippen molar-refractivity contribution >= 4 is 17.0 Å². The average Bonchev–Trinajstić information content (AvgIpc) is 3.42. The maximum absolute atomic E-state index is 13.6. The van der Waals surface area contributed by atoms with Crippen LogP contribution in [0.1, 0.15) is 46.1 Å². The molecular weight excluding hydrogens is 366 g/mol. The number of amides is 1. The molecule has 0 aliphatic heterocycles. The Bertz CT molecular complexity index is 1190. The third-order valence-electron chi connectivity index (χ3n) is 5.75. The minimum absolute atomic E-state index is 0.0443. The van der Waals surface area contributed by atoms with Crippen LogP contribution in [0.5, 0.6) is 0 Å².